The van der Waals surface area contributed by atoms with Gasteiger partial charge in [0.2, 0.25) is 0 Å². The molecule has 3 heterocycles. The molecule has 0 atom stereocenters. The number of para-hydroxylation sites is 1. The van der Waals surface area contributed by atoms with Crippen molar-refractivity contribution in [2.45, 2.75) is 0 Å². The largest absolute Gasteiger partial charge is 0.452 e. The first-order valence-electron chi connectivity index (χ1n) is 14.3. The van der Waals surface area contributed by atoms with Crippen LogP contribution in [0.4, 0.5) is 0 Å². The zero-order valence-electron chi connectivity index (χ0n) is 23.2. The van der Waals surface area contributed by atoms with E-state index in [9.17, 15) is 0 Å². The molecular weight excluding hydrogens is 526 g/mol. The Morgan fingerprint density at radius 2 is 0.977 bits per heavy atom. The fraction of sp³-hybridized carbons (Fsp3) is 0. The summed E-state index contributed by atoms with van der Waals surface area (Å²) >= 11 is 0. The van der Waals surface area contributed by atoms with Crippen molar-refractivity contribution in [1.82, 2.24) is 15.0 Å². The summed E-state index contributed by atoms with van der Waals surface area (Å²) in [6.45, 7) is 0. The summed E-state index contributed by atoms with van der Waals surface area (Å²) in [6, 6.07) is 51.6. The number of rotatable bonds is 5. The Hall–Kier alpha value is -5.87. The number of furan rings is 1. The zero-order valence-corrected chi connectivity index (χ0v) is 23.2. The Morgan fingerprint density at radius 1 is 0.395 bits per heavy atom. The number of fused-ring (bicyclic) bond motifs is 3. The van der Waals surface area contributed by atoms with Crippen molar-refractivity contribution in [2.75, 3.05) is 0 Å². The van der Waals surface area contributed by atoms with Gasteiger partial charge in [-0.25, -0.2) is 15.0 Å². The number of pyridine rings is 1. The number of nitrogens with zero attached hydrogens (tertiary/aromatic N) is 3. The van der Waals surface area contributed by atoms with E-state index in [2.05, 4.69) is 78.9 Å². The van der Waals surface area contributed by atoms with E-state index in [1.54, 1.807) is 0 Å². The fourth-order valence-corrected chi connectivity index (χ4v) is 5.56. The van der Waals surface area contributed by atoms with Gasteiger partial charge in [-0.3, -0.25) is 0 Å². The van der Waals surface area contributed by atoms with Crippen molar-refractivity contribution >= 4 is 22.1 Å². The number of benzene rings is 5. The Labute approximate surface area is 249 Å². The monoisotopic (exact) mass is 551 g/mol. The lowest BCUT2D eigenvalue weighted by molar-refractivity contribution is 0.667. The lowest BCUT2D eigenvalue weighted by Crippen LogP contribution is -1.95. The maximum atomic E-state index is 6.30. The normalized spacial score (nSPS) is 11.3. The van der Waals surface area contributed by atoms with Crippen molar-refractivity contribution in [2.24, 2.45) is 0 Å². The molecule has 0 aliphatic rings. The van der Waals surface area contributed by atoms with E-state index in [-0.39, 0.29) is 0 Å². The highest BCUT2D eigenvalue weighted by Gasteiger charge is 2.18. The first kappa shape index (κ1) is 24.9. The van der Waals surface area contributed by atoms with Gasteiger partial charge >= 0.3 is 0 Å². The van der Waals surface area contributed by atoms with Crippen molar-refractivity contribution in [3.8, 4) is 56.3 Å². The molecule has 8 rings (SSSR count). The van der Waals surface area contributed by atoms with Crippen LogP contribution in [-0.4, -0.2) is 15.0 Å². The third kappa shape index (κ3) is 4.65. The second-order valence-electron chi connectivity index (χ2n) is 10.5. The number of hydrogen-bond acceptors (Lipinski definition) is 4. The standard InChI is InChI=1S/C39H25N3O/c1-4-13-26(14-5-1)31-24-33(27-15-6-2-7-16-27)40-34(25-31)29-19-12-20-30(23-29)39-41-36(28-17-8-3-9-18-28)38-37(42-39)32-21-10-11-22-35(32)43-38/h1-25H. The Morgan fingerprint density at radius 3 is 1.72 bits per heavy atom. The maximum Gasteiger partial charge on any atom is 0.180 e. The summed E-state index contributed by atoms with van der Waals surface area (Å²) < 4.78 is 6.30. The SMILES string of the molecule is c1ccc(-c2cc(-c3ccccc3)nc(-c3cccc(-c4nc(-c5ccccc5)c5oc6ccccc6c5n4)c3)c2)cc1. The molecule has 43 heavy (non-hydrogen) atoms. The summed E-state index contributed by atoms with van der Waals surface area (Å²) in [5.74, 6) is 0.641. The molecule has 4 heteroatoms. The summed E-state index contributed by atoms with van der Waals surface area (Å²) in [4.78, 5) is 15.3. The number of aromatic nitrogens is 3. The van der Waals surface area contributed by atoms with Gasteiger partial charge in [0, 0.05) is 27.6 Å². The molecule has 0 fully saturated rings. The second kappa shape index (κ2) is 10.5. The van der Waals surface area contributed by atoms with E-state index in [1.165, 1.54) is 0 Å². The minimum absolute atomic E-state index is 0.641. The predicted octanol–water partition coefficient (Wildman–Crippen LogP) is 10.1. The average Bonchev–Trinajstić information content (AvgIpc) is 3.48. The summed E-state index contributed by atoms with van der Waals surface area (Å²) in [5.41, 5.74) is 11.1. The fourth-order valence-electron chi connectivity index (χ4n) is 5.56. The molecule has 0 bridgehead atoms. The topological polar surface area (TPSA) is 51.8 Å². The summed E-state index contributed by atoms with van der Waals surface area (Å²) in [5, 5.41) is 0.971. The van der Waals surface area contributed by atoms with Crippen molar-refractivity contribution in [3.63, 3.8) is 0 Å². The van der Waals surface area contributed by atoms with Crippen LogP contribution in [0.5, 0.6) is 0 Å². The van der Waals surface area contributed by atoms with Gasteiger partial charge in [-0.05, 0) is 41.5 Å². The third-order valence-electron chi connectivity index (χ3n) is 7.69. The molecular formula is C39H25N3O. The molecule has 4 nitrogen and oxygen atoms in total. The molecule has 3 aromatic heterocycles. The van der Waals surface area contributed by atoms with Crippen LogP contribution in [0.15, 0.2) is 156 Å². The molecule has 0 N–H and O–H groups in total. The highest BCUT2D eigenvalue weighted by atomic mass is 16.3. The minimum Gasteiger partial charge on any atom is -0.452 e. The van der Waals surface area contributed by atoms with Crippen LogP contribution in [0.3, 0.4) is 0 Å². The van der Waals surface area contributed by atoms with Crippen LogP contribution in [0.1, 0.15) is 0 Å². The van der Waals surface area contributed by atoms with E-state index < -0.39 is 0 Å². The van der Waals surface area contributed by atoms with Crippen LogP contribution in [-0.2, 0) is 0 Å². The lowest BCUT2D eigenvalue weighted by atomic mass is 9.99. The first-order valence-corrected chi connectivity index (χ1v) is 14.3. The van der Waals surface area contributed by atoms with Gasteiger partial charge in [-0.1, -0.05) is 121 Å². The number of hydrogen-bond donors (Lipinski definition) is 0. The van der Waals surface area contributed by atoms with Crippen molar-refractivity contribution < 1.29 is 4.42 Å². The molecule has 0 amide bonds. The highest BCUT2D eigenvalue weighted by molar-refractivity contribution is 6.07. The Bertz CT molecular complexity index is 2170. The summed E-state index contributed by atoms with van der Waals surface area (Å²) in [7, 11) is 0. The van der Waals surface area contributed by atoms with Crippen LogP contribution in [0.25, 0.3) is 78.4 Å². The molecule has 202 valence electrons. The minimum atomic E-state index is 0.641. The van der Waals surface area contributed by atoms with E-state index in [0.29, 0.717) is 11.4 Å². The second-order valence-corrected chi connectivity index (χ2v) is 10.5. The van der Waals surface area contributed by atoms with Crippen LogP contribution < -0.4 is 0 Å². The molecule has 8 aromatic rings. The van der Waals surface area contributed by atoms with Crippen molar-refractivity contribution in [1.29, 1.82) is 0 Å². The highest BCUT2D eigenvalue weighted by Crippen LogP contribution is 2.36. The van der Waals surface area contributed by atoms with Gasteiger partial charge in [-0.15, -0.1) is 0 Å². The maximum absolute atomic E-state index is 6.30. The van der Waals surface area contributed by atoms with Crippen LogP contribution in [0.2, 0.25) is 0 Å². The van der Waals surface area contributed by atoms with Gasteiger partial charge in [0.25, 0.3) is 0 Å². The van der Waals surface area contributed by atoms with E-state index >= 15 is 0 Å². The van der Waals surface area contributed by atoms with Gasteiger partial charge < -0.3 is 4.42 Å². The van der Waals surface area contributed by atoms with E-state index in [4.69, 9.17) is 19.4 Å². The van der Waals surface area contributed by atoms with Gasteiger partial charge in [0.1, 0.15) is 16.8 Å². The lowest BCUT2D eigenvalue weighted by Gasteiger charge is -2.11. The Balaban J connectivity index is 1.31. The van der Waals surface area contributed by atoms with E-state index in [1.807, 2.05) is 72.8 Å². The zero-order chi connectivity index (χ0) is 28.6. The molecule has 0 saturated heterocycles. The molecule has 0 saturated carbocycles. The third-order valence-corrected chi connectivity index (χ3v) is 7.69. The van der Waals surface area contributed by atoms with Gasteiger partial charge in [0.05, 0.1) is 11.4 Å². The summed E-state index contributed by atoms with van der Waals surface area (Å²) in [6.07, 6.45) is 0. The molecule has 0 aliphatic carbocycles. The molecule has 0 aliphatic heterocycles. The van der Waals surface area contributed by atoms with Gasteiger partial charge in [0.15, 0.2) is 11.4 Å². The molecule has 0 spiro atoms. The van der Waals surface area contributed by atoms with Gasteiger partial charge in [-0.2, -0.15) is 0 Å². The van der Waals surface area contributed by atoms with E-state index in [0.717, 1.165) is 66.9 Å². The Kier molecular flexibility index (Phi) is 6.08. The molecule has 0 unspecified atom stereocenters. The smallest absolute Gasteiger partial charge is 0.180 e. The first-order chi connectivity index (χ1) is 21.3. The quantitative estimate of drug-likeness (QED) is 0.214. The van der Waals surface area contributed by atoms with Crippen LogP contribution in [0, 0.1) is 0 Å². The molecule has 5 aromatic carbocycles. The average molecular weight is 552 g/mol. The predicted molar refractivity (Wildman–Crippen MR) is 174 cm³/mol. The molecule has 0 radical (unpaired) electrons. The van der Waals surface area contributed by atoms with Crippen molar-refractivity contribution in [3.05, 3.63) is 152 Å². The van der Waals surface area contributed by atoms with Crippen LogP contribution >= 0.6 is 0 Å².